The van der Waals surface area contributed by atoms with Gasteiger partial charge >= 0.3 is 0 Å². The van der Waals surface area contributed by atoms with Crippen LogP contribution in [0, 0.1) is 5.92 Å². The molecular weight excluding hydrogens is 399 g/mol. The Hall–Kier alpha value is -0.820. The largest absolute Gasteiger partial charge is 0.370 e. The van der Waals surface area contributed by atoms with Gasteiger partial charge < -0.3 is 15.5 Å². The van der Waals surface area contributed by atoms with Crippen LogP contribution >= 0.6 is 24.0 Å². The van der Waals surface area contributed by atoms with Gasteiger partial charge in [-0.05, 0) is 43.7 Å². The van der Waals surface area contributed by atoms with Gasteiger partial charge in [-0.2, -0.15) is 0 Å². The number of aliphatic imine (C=N–C) groups is 1. The second-order valence-electron chi connectivity index (χ2n) is 6.73. The molecule has 0 amide bonds. The minimum absolute atomic E-state index is 0. The van der Waals surface area contributed by atoms with E-state index in [0.717, 1.165) is 32.0 Å². The molecule has 1 heterocycles. The fourth-order valence-electron chi connectivity index (χ4n) is 3.18. The van der Waals surface area contributed by atoms with Crippen molar-refractivity contribution in [3.63, 3.8) is 0 Å². The van der Waals surface area contributed by atoms with Crippen molar-refractivity contribution in [1.82, 2.24) is 9.80 Å². The van der Waals surface area contributed by atoms with Crippen LogP contribution in [0.25, 0.3) is 0 Å². The first-order valence-electron chi connectivity index (χ1n) is 8.51. The highest BCUT2D eigenvalue weighted by molar-refractivity contribution is 14.0. The number of likely N-dealkylation sites (tertiary alicyclic amines) is 1. The summed E-state index contributed by atoms with van der Waals surface area (Å²) in [4.78, 5) is 9.32. The van der Waals surface area contributed by atoms with E-state index in [1.54, 1.807) is 0 Å². The van der Waals surface area contributed by atoms with E-state index in [9.17, 15) is 0 Å². The zero-order valence-corrected chi connectivity index (χ0v) is 16.4. The maximum absolute atomic E-state index is 6.07. The van der Waals surface area contributed by atoms with Crippen molar-refractivity contribution in [2.75, 3.05) is 33.2 Å². The highest BCUT2D eigenvalue weighted by atomic mass is 127. The molecule has 1 saturated heterocycles. The van der Waals surface area contributed by atoms with Gasteiger partial charge in [0.2, 0.25) is 0 Å². The Bertz CT molecular complexity index is 501. The van der Waals surface area contributed by atoms with Crippen LogP contribution in [-0.4, -0.2) is 55.0 Å². The Morgan fingerprint density at radius 1 is 1.26 bits per heavy atom. The molecule has 23 heavy (non-hydrogen) atoms. The summed E-state index contributed by atoms with van der Waals surface area (Å²) < 4.78 is 0. The molecule has 128 valence electrons. The third-order valence-corrected chi connectivity index (χ3v) is 4.90. The van der Waals surface area contributed by atoms with Crippen LogP contribution in [0.2, 0.25) is 0 Å². The second kappa shape index (κ2) is 8.87. The number of guanidine groups is 1. The van der Waals surface area contributed by atoms with Crippen LogP contribution in [0.15, 0.2) is 35.3 Å². The molecule has 1 atom stereocenters. The molecule has 0 spiro atoms. The second-order valence-corrected chi connectivity index (χ2v) is 6.73. The lowest BCUT2D eigenvalue weighted by Crippen LogP contribution is -2.36. The molecule has 4 nitrogen and oxygen atoms in total. The first kappa shape index (κ1) is 18.5. The lowest BCUT2D eigenvalue weighted by Gasteiger charge is -2.18. The van der Waals surface area contributed by atoms with Crippen LogP contribution < -0.4 is 5.73 Å². The van der Waals surface area contributed by atoms with Gasteiger partial charge in [-0.25, -0.2) is 0 Å². The molecule has 0 bridgehead atoms. The van der Waals surface area contributed by atoms with Crippen LogP contribution in [0.5, 0.6) is 0 Å². The Balaban J connectivity index is 0.00000192. The zero-order valence-electron chi connectivity index (χ0n) is 14.0. The average Bonchev–Trinajstić information content (AvgIpc) is 3.30. The van der Waals surface area contributed by atoms with Crippen molar-refractivity contribution < 1.29 is 0 Å². The SMILES string of the molecule is CN(C(N)=NCC1CCN(CCc2ccccc2)C1)C1CC1.I. The number of benzene rings is 1. The maximum atomic E-state index is 6.07. The summed E-state index contributed by atoms with van der Waals surface area (Å²) in [6, 6.07) is 11.4. The Kier molecular flexibility index (Phi) is 7.14. The van der Waals surface area contributed by atoms with Crippen LogP contribution in [0.1, 0.15) is 24.8 Å². The molecule has 0 aromatic heterocycles. The Morgan fingerprint density at radius 2 is 2.00 bits per heavy atom. The molecule has 1 aliphatic carbocycles. The Morgan fingerprint density at radius 3 is 2.70 bits per heavy atom. The minimum Gasteiger partial charge on any atom is -0.370 e. The molecule has 1 aliphatic heterocycles. The summed E-state index contributed by atoms with van der Waals surface area (Å²) >= 11 is 0. The fourth-order valence-corrected chi connectivity index (χ4v) is 3.18. The number of nitrogens with two attached hydrogens (primary N) is 1. The summed E-state index contributed by atoms with van der Waals surface area (Å²) in [5.74, 6) is 1.40. The van der Waals surface area contributed by atoms with E-state index in [-0.39, 0.29) is 24.0 Å². The first-order chi connectivity index (χ1) is 10.7. The van der Waals surface area contributed by atoms with E-state index in [2.05, 4.69) is 52.2 Å². The van der Waals surface area contributed by atoms with Gasteiger partial charge in [0, 0.05) is 32.7 Å². The van der Waals surface area contributed by atoms with Crippen molar-refractivity contribution in [2.45, 2.75) is 31.7 Å². The predicted molar refractivity (Wildman–Crippen MR) is 107 cm³/mol. The number of halogens is 1. The minimum atomic E-state index is 0. The smallest absolute Gasteiger partial charge is 0.191 e. The normalized spacial score (nSPS) is 22.0. The quantitative estimate of drug-likeness (QED) is 0.431. The van der Waals surface area contributed by atoms with E-state index in [0.29, 0.717) is 12.0 Å². The molecule has 1 saturated carbocycles. The molecule has 0 radical (unpaired) electrons. The highest BCUT2D eigenvalue weighted by Crippen LogP contribution is 2.25. The van der Waals surface area contributed by atoms with E-state index in [4.69, 9.17) is 5.73 Å². The molecule has 2 aliphatic rings. The third kappa shape index (κ3) is 5.64. The van der Waals surface area contributed by atoms with Crippen LogP contribution in [0.4, 0.5) is 0 Å². The van der Waals surface area contributed by atoms with E-state index >= 15 is 0 Å². The van der Waals surface area contributed by atoms with Crippen LogP contribution in [0.3, 0.4) is 0 Å². The molecule has 1 unspecified atom stereocenters. The summed E-state index contributed by atoms with van der Waals surface area (Å²) in [5.41, 5.74) is 7.50. The Labute approximate surface area is 157 Å². The molecule has 2 fully saturated rings. The number of rotatable bonds is 6. The first-order valence-corrected chi connectivity index (χ1v) is 8.51. The van der Waals surface area contributed by atoms with Crippen molar-refractivity contribution in [3.05, 3.63) is 35.9 Å². The van der Waals surface area contributed by atoms with Gasteiger partial charge in [-0.3, -0.25) is 4.99 Å². The number of nitrogens with zero attached hydrogens (tertiary/aromatic N) is 3. The zero-order chi connectivity index (χ0) is 15.4. The van der Waals surface area contributed by atoms with Gasteiger partial charge in [0.1, 0.15) is 0 Å². The van der Waals surface area contributed by atoms with Gasteiger partial charge in [0.05, 0.1) is 0 Å². The van der Waals surface area contributed by atoms with Crippen molar-refractivity contribution in [3.8, 4) is 0 Å². The van der Waals surface area contributed by atoms with Gasteiger partial charge in [-0.15, -0.1) is 24.0 Å². The fraction of sp³-hybridized carbons (Fsp3) is 0.611. The van der Waals surface area contributed by atoms with E-state index < -0.39 is 0 Å². The standard InChI is InChI=1S/C18H28N4.HI/c1-21(17-7-8-17)18(19)20-13-16-10-12-22(14-16)11-9-15-5-3-2-4-6-15;/h2-6,16-17H,7-14H2,1H3,(H2,19,20);1H. The van der Waals surface area contributed by atoms with Gasteiger partial charge in [0.25, 0.3) is 0 Å². The van der Waals surface area contributed by atoms with Crippen molar-refractivity contribution in [2.24, 2.45) is 16.6 Å². The van der Waals surface area contributed by atoms with Crippen molar-refractivity contribution >= 4 is 29.9 Å². The number of hydrogen-bond donors (Lipinski definition) is 1. The molecule has 5 heteroatoms. The molecule has 1 aromatic rings. The maximum Gasteiger partial charge on any atom is 0.191 e. The summed E-state index contributed by atoms with van der Waals surface area (Å²) in [6.45, 7) is 4.40. The summed E-state index contributed by atoms with van der Waals surface area (Å²) in [7, 11) is 2.07. The van der Waals surface area contributed by atoms with E-state index in [1.165, 1.54) is 31.4 Å². The summed E-state index contributed by atoms with van der Waals surface area (Å²) in [6.07, 6.45) is 4.93. The predicted octanol–water partition coefficient (Wildman–Crippen LogP) is 2.58. The molecular formula is C18H29IN4. The summed E-state index contributed by atoms with van der Waals surface area (Å²) in [5, 5.41) is 0. The number of hydrogen-bond acceptors (Lipinski definition) is 2. The monoisotopic (exact) mass is 428 g/mol. The topological polar surface area (TPSA) is 44.9 Å². The van der Waals surface area contributed by atoms with E-state index in [1.807, 2.05) is 0 Å². The van der Waals surface area contributed by atoms with Gasteiger partial charge in [-0.1, -0.05) is 30.3 Å². The lowest BCUT2D eigenvalue weighted by molar-refractivity contribution is 0.329. The molecule has 3 rings (SSSR count). The van der Waals surface area contributed by atoms with Gasteiger partial charge in [0.15, 0.2) is 5.96 Å². The average molecular weight is 428 g/mol. The molecule has 2 N–H and O–H groups in total. The third-order valence-electron chi connectivity index (χ3n) is 4.90. The van der Waals surface area contributed by atoms with Crippen LogP contribution in [-0.2, 0) is 6.42 Å². The highest BCUT2D eigenvalue weighted by Gasteiger charge is 2.28. The van der Waals surface area contributed by atoms with Crippen molar-refractivity contribution in [1.29, 1.82) is 0 Å². The lowest BCUT2D eigenvalue weighted by atomic mass is 10.1. The molecule has 1 aromatic carbocycles.